The van der Waals surface area contributed by atoms with Crippen LogP contribution in [0.1, 0.15) is 43.5 Å². The zero-order chi connectivity index (χ0) is 13.7. The van der Waals surface area contributed by atoms with E-state index >= 15 is 0 Å². The molecule has 1 aromatic rings. The molecular weight excluding hydrogens is 236 g/mol. The Kier molecular flexibility index (Phi) is 5.41. The average molecular weight is 255 g/mol. The number of hydrogen-bond acceptors (Lipinski definition) is 2. The fourth-order valence-electron chi connectivity index (χ4n) is 1.83. The summed E-state index contributed by atoms with van der Waals surface area (Å²) < 4.78 is 26.4. The van der Waals surface area contributed by atoms with Crippen LogP contribution in [0.2, 0.25) is 0 Å². The van der Waals surface area contributed by atoms with Crippen LogP contribution in [0.25, 0.3) is 0 Å². The third-order valence-corrected chi connectivity index (χ3v) is 2.94. The normalized spacial score (nSPS) is 14.3. The Labute approximate surface area is 106 Å². The molecule has 0 aliphatic rings. The molecule has 1 aromatic carbocycles. The molecule has 2 nitrogen and oxygen atoms in total. The van der Waals surface area contributed by atoms with Crippen LogP contribution in [-0.2, 0) is 0 Å². The van der Waals surface area contributed by atoms with Crippen LogP contribution in [0.4, 0.5) is 8.78 Å². The highest BCUT2D eigenvalue weighted by Gasteiger charge is 2.19. The van der Waals surface area contributed by atoms with Crippen molar-refractivity contribution >= 4 is 5.78 Å². The van der Waals surface area contributed by atoms with Gasteiger partial charge in [-0.15, -0.1) is 0 Å². The maximum absolute atomic E-state index is 13.4. The van der Waals surface area contributed by atoms with Crippen molar-refractivity contribution in [1.82, 2.24) is 0 Å². The van der Waals surface area contributed by atoms with E-state index in [-0.39, 0.29) is 23.3 Å². The van der Waals surface area contributed by atoms with Gasteiger partial charge in [-0.05, 0) is 38.0 Å². The zero-order valence-electron chi connectivity index (χ0n) is 10.7. The van der Waals surface area contributed by atoms with Crippen LogP contribution >= 0.6 is 0 Å². The van der Waals surface area contributed by atoms with Gasteiger partial charge in [-0.1, -0.05) is 13.3 Å². The quantitative estimate of drug-likeness (QED) is 0.792. The molecule has 0 aliphatic carbocycles. The van der Waals surface area contributed by atoms with E-state index in [2.05, 4.69) is 0 Å². The Balaban J connectivity index is 2.65. The number of rotatable bonds is 6. The van der Waals surface area contributed by atoms with Gasteiger partial charge in [-0.25, -0.2) is 8.78 Å². The fourth-order valence-corrected chi connectivity index (χ4v) is 1.83. The van der Waals surface area contributed by atoms with Crippen LogP contribution in [0, 0.1) is 17.6 Å². The number of carbonyl (C=O) groups is 1. The molecule has 0 heterocycles. The maximum atomic E-state index is 13.4. The summed E-state index contributed by atoms with van der Waals surface area (Å²) in [5, 5.41) is 0. The first-order valence-corrected chi connectivity index (χ1v) is 6.16. The van der Waals surface area contributed by atoms with E-state index in [1.165, 1.54) is 0 Å². The summed E-state index contributed by atoms with van der Waals surface area (Å²) >= 11 is 0. The third kappa shape index (κ3) is 4.18. The average Bonchev–Trinajstić information content (AvgIpc) is 2.30. The lowest BCUT2D eigenvalue weighted by Crippen LogP contribution is -2.17. The number of nitrogens with two attached hydrogens (primary N) is 1. The van der Waals surface area contributed by atoms with Gasteiger partial charge in [0.1, 0.15) is 11.6 Å². The van der Waals surface area contributed by atoms with E-state index in [1.54, 1.807) is 6.92 Å². The van der Waals surface area contributed by atoms with Gasteiger partial charge in [-0.3, -0.25) is 4.79 Å². The van der Waals surface area contributed by atoms with Crippen LogP contribution < -0.4 is 5.73 Å². The van der Waals surface area contributed by atoms with Crippen molar-refractivity contribution in [1.29, 1.82) is 0 Å². The minimum absolute atomic E-state index is 0.0956. The molecule has 2 atom stereocenters. The fraction of sp³-hybridized carbons (Fsp3) is 0.500. The van der Waals surface area contributed by atoms with Crippen molar-refractivity contribution < 1.29 is 13.6 Å². The first-order chi connectivity index (χ1) is 8.41. The van der Waals surface area contributed by atoms with Crippen molar-refractivity contribution in [3.05, 3.63) is 35.4 Å². The van der Waals surface area contributed by atoms with Crippen molar-refractivity contribution in [2.45, 2.75) is 39.2 Å². The van der Waals surface area contributed by atoms with Crippen LogP contribution in [0.5, 0.6) is 0 Å². The third-order valence-electron chi connectivity index (χ3n) is 2.94. The maximum Gasteiger partial charge on any atom is 0.168 e. The standard InChI is InChI=1S/C14H19F2NO/c1-9(4-3-5-10(2)17)14(18)12-8-11(15)6-7-13(12)16/h6-10H,3-5,17H2,1-2H3. The van der Waals surface area contributed by atoms with Crippen molar-refractivity contribution in [2.24, 2.45) is 11.7 Å². The van der Waals surface area contributed by atoms with Gasteiger partial charge in [0.15, 0.2) is 5.78 Å². The molecule has 18 heavy (non-hydrogen) atoms. The summed E-state index contributed by atoms with van der Waals surface area (Å²) in [5.74, 6) is -1.93. The molecule has 4 heteroatoms. The summed E-state index contributed by atoms with van der Waals surface area (Å²) in [6, 6.07) is 3.04. The summed E-state index contributed by atoms with van der Waals surface area (Å²) in [5.41, 5.74) is 5.45. The Morgan fingerprint density at radius 1 is 1.28 bits per heavy atom. The molecule has 0 saturated heterocycles. The van der Waals surface area contributed by atoms with E-state index in [0.29, 0.717) is 6.42 Å². The SMILES string of the molecule is CC(N)CCCC(C)C(=O)c1cc(F)ccc1F. The van der Waals surface area contributed by atoms with Gasteiger partial charge >= 0.3 is 0 Å². The minimum Gasteiger partial charge on any atom is -0.328 e. The topological polar surface area (TPSA) is 43.1 Å². The molecule has 0 amide bonds. The van der Waals surface area contributed by atoms with E-state index in [1.807, 2.05) is 6.92 Å². The molecule has 0 saturated carbocycles. The molecule has 0 spiro atoms. The van der Waals surface area contributed by atoms with Crippen LogP contribution in [0.3, 0.4) is 0 Å². The lowest BCUT2D eigenvalue weighted by Gasteiger charge is -2.12. The minimum atomic E-state index is -0.666. The molecule has 0 bridgehead atoms. The smallest absolute Gasteiger partial charge is 0.168 e. The van der Waals surface area contributed by atoms with Crippen LogP contribution in [0.15, 0.2) is 18.2 Å². The Hall–Kier alpha value is -1.29. The largest absolute Gasteiger partial charge is 0.328 e. The zero-order valence-corrected chi connectivity index (χ0v) is 10.7. The van der Waals surface area contributed by atoms with Crippen molar-refractivity contribution in [3.63, 3.8) is 0 Å². The Morgan fingerprint density at radius 2 is 1.94 bits per heavy atom. The Bertz CT molecular complexity index is 418. The summed E-state index contributed by atoms with van der Waals surface area (Å²) in [6.45, 7) is 3.63. The molecule has 0 aliphatic heterocycles. The number of benzene rings is 1. The molecule has 0 aromatic heterocycles. The molecule has 2 unspecified atom stereocenters. The van der Waals surface area contributed by atoms with Gasteiger partial charge in [0.05, 0.1) is 5.56 Å². The highest BCUT2D eigenvalue weighted by molar-refractivity contribution is 5.97. The number of Topliss-reactive ketones (excluding diaryl/α,β-unsaturated/α-hetero) is 1. The molecule has 0 fully saturated rings. The summed E-state index contributed by atoms with van der Waals surface area (Å²) in [7, 11) is 0. The van der Waals surface area contributed by atoms with E-state index in [4.69, 9.17) is 5.73 Å². The number of carbonyl (C=O) groups excluding carboxylic acids is 1. The predicted octanol–water partition coefficient (Wildman–Crippen LogP) is 3.30. The number of ketones is 1. The first-order valence-electron chi connectivity index (χ1n) is 6.16. The van der Waals surface area contributed by atoms with E-state index in [0.717, 1.165) is 31.0 Å². The molecule has 0 radical (unpaired) electrons. The van der Waals surface area contributed by atoms with Gasteiger partial charge in [0.25, 0.3) is 0 Å². The second-order valence-electron chi connectivity index (χ2n) is 4.80. The molecule has 2 N–H and O–H groups in total. The summed E-state index contributed by atoms with van der Waals surface area (Å²) in [6.07, 6.45) is 2.26. The number of halogens is 2. The van der Waals surface area contributed by atoms with Gasteiger partial charge in [0.2, 0.25) is 0 Å². The van der Waals surface area contributed by atoms with Crippen LogP contribution in [-0.4, -0.2) is 11.8 Å². The predicted molar refractivity (Wildman–Crippen MR) is 67.4 cm³/mol. The van der Waals surface area contributed by atoms with Gasteiger partial charge in [-0.2, -0.15) is 0 Å². The lowest BCUT2D eigenvalue weighted by molar-refractivity contribution is 0.0917. The molecule has 1 rings (SSSR count). The van der Waals surface area contributed by atoms with Gasteiger partial charge in [0, 0.05) is 12.0 Å². The monoisotopic (exact) mass is 255 g/mol. The second-order valence-corrected chi connectivity index (χ2v) is 4.80. The second kappa shape index (κ2) is 6.59. The highest BCUT2D eigenvalue weighted by atomic mass is 19.1. The van der Waals surface area contributed by atoms with E-state index < -0.39 is 11.6 Å². The highest BCUT2D eigenvalue weighted by Crippen LogP contribution is 2.18. The molecular formula is C14H19F2NO. The Morgan fingerprint density at radius 3 is 2.56 bits per heavy atom. The van der Waals surface area contributed by atoms with Crippen molar-refractivity contribution in [3.8, 4) is 0 Å². The van der Waals surface area contributed by atoms with E-state index in [9.17, 15) is 13.6 Å². The van der Waals surface area contributed by atoms with Gasteiger partial charge < -0.3 is 5.73 Å². The summed E-state index contributed by atoms with van der Waals surface area (Å²) in [4.78, 5) is 12.0. The first kappa shape index (κ1) is 14.8. The number of hydrogen-bond donors (Lipinski definition) is 1. The van der Waals surface area contributed by atoms with Crippen molar-refractivity contribution in [2.75, 3.05) is 0 Å². The lowest BCUT2D eigenvalue weighted by atomic mass is 9.93. The molecule has 100 valence electrons.